The van der Waals surface area contributed by atoms with Crippen molar-refractivity contribution in [3.8, 4) is 0 Å². The molecule has 0 spiro atoms. The lowest BCUT2D eigenvalue weighted by molar-refractivity contribution is -0.0665. The van der Waals surface area contributed by atoms with E-state index >= 15 is 0 Å². The second-order valence-electron chi connectivity index (χ2n) is 6.16. The fourth-order valence-electron chi connectivity index (χ4n) is 3.07. The maximum atomic E-state index is 12.1. The molecule has 0 aromatic heterocycles. The summed E-state index contributed by atoms with van der Waals surface area (Å²) >= 11 is 0. The average Bonchev–Trinajstić information content (AvgIpc) is 2.56. The van der Waals surface area contributed by atoms with E-state index in [1.165, 1.54) is 0 Å². The van der Waals surface area contributed by atoms with Crippen molar-refractivity contribution in [3.05, 3.63) is 0 Å². The minimum Gasteiger partial charge on any atom is -0.379 e. The molecule has 2 heterocycles. The van der Waals surface area contributed by atoms with Gasteiger partial charge in [0.2, 0.25) is 0 Å². The van der Waals surface area contributed by atoms with Crippen LogP contribution < -0.4 is 0 Å². The Balaban J connectivity index is 2.00. The van der Waals surface area contributed by atoms with Crippen molar-refractivity contribution in [1.82, 2.24) is 9.80 Å². The fraction of sp³-hybridized carbons (Fsp3) is 1.00. The normalized spacial score (nSPS) is 21.7. The third-order valence-corrected chi connectivity index (χ3v) is 7.52. The zero-order valence-electron chi connectivity index (χ0n) is 14.6. The van der Waals surface area contributed by atoms with Crippen LogP contribution in [0.15, 0.2) is 0 Å². The molecule has 0 radical (unpaired) electrons. The van der Waals surface area contributed by atoms with E-state index < -0.39 is 20.2 Å². The van der Waals surface area contributed by atoms with Crippen LogP contribution in [0.25, 0.3) is 0 Å². The van der Waals surface area contributed by atoms with Gasteiger partial charge in [0.15, 0.2) is 0 Å². The summed E-state index contributed by atoms with van der Waals surface area (Å²) in [4.78, 5) is 4.37. The molecule has 0 aromatic carbocycles. The molecular weight excluding hydrogens is 372 g/mol. The molecule has 11 heteroatoms. The van der Waals surface area contributed by atoms with Crippen LogP contribution in [0.2, 0.25) is 0 Å². The maximum absolute atomic E-state index is 12.1. The van der Waals surface area contributed by atoms with Gasteiger partial charge in [0.05, 0.1) is 44.1 Å². The first-order chi connectivity index (χ1) is 11.8. The predicted molar refractivity (Wildman–Crippen MR) is 92.1 cm³/mol. The Morgan fingerprint density at radius 1 is 0.840 bits per heavy atom. The van der Waals surface area contributed by atoms with E-state index in [2.05, 4.69) is 13.4 Å². The van der Waals surface area contributed by atoms with Crippen LogP contribution in [0.4, 0.5) is 0 Å². The molecule has 9 nitrogen and oxygen atoms in total. The molecule has 25 heavy (non-hydrogen) atoms. The van der Waals surface area contributed by atoms with Crippen LogP contribution in [0, 0.1) is 0 Å². The zero-order chi connectivity index (χ0) is 18.3. The number of ether oxygens (including phenoxy) is 2. The Kier molecular flexibility index (Phi) is 8.05. The van der Waals surface area contributed by atoms with Crippen LogP contribution in [0.3, 0.4) is 0 Å². The molecular formula is C14H28N2O7S2. The highest BCUT2D eigenvalue weighted by atomic mass is 32.3. The molecule has 0 amide bonds. The standard InChI is InChI=1S/C14H28N2O7S2/c1-2-12-24(17,18)23-25(19,20)13-3-14(15-4-8-21-9-5-15)16-6-10-22-11-7-16/h14H,2-13H2,1H3. The van der Waals surface area contributed by atoms with Gasteiger partial charge in [-0.2, -0.15) is 16.8 Å². The third-order valence-electron chi connectivity index (χ3n) is 4.22. The lowest BCUT2D eigenvalue weighted by Crippen LogP contribution is -2.55. The largest absolute Gasteiger partial charge is 0.379 e. The second-order valence-corrected chi connectivity index (χ2v) is 9.75. The monoisotopic (exact) mass is 400 g/mol. The Bertz CT molecular complexity index is 579. The lowest BCUT2D eigenvalue weighted by Gasteiger charge is -2.42. The number of nitrogens with zero attached hydrogens (tertiary/aromatic N) is 2. The van der Waals surface area contributed by atoms with E-state index in [9.17, 15) is 16.8 Å². The van der Waals surface area contributed by atoms with Crippen LogP contribution >= 0.6 is 0 Å². The summed E-state index contributed by atoms with van der Waals surface area (Å²) in [7, 11) is -8.18. The van der Waals surface area contributed by atoms with Gasteiger partial charge in [0, 0.05) is 26.2 Å². The quantitative estimate of drug-likeness (QED) is 0.504. The number of hydrogen-bond donors (Lipinski definition) is 0. The highest BCUT2D eigenvalue weighted by molar-refractivity contribution is 7.99. The topological polar surface area (TPSA) is 102 Å². The summed E-state index contributed by atoms with van der Waals surface area (Å²) in [5.74, 6) is -0.641. The van der Waals surface area contributed by atoms with E-state index in [-0.39, 0.29) is 24.1 Å². The molecule has 2 aliphatic heterocycles. The predicted octanol–water partition coefficient (Wildman–Crippen LogP) is -0.547. The SMILES string of the molecule is CCCS(=O)(=O)OS(=O)(=O)CCC(N1CCOCC1)N1CCOCC1. The first-order valence-corrected chi connectivity index (χ1v) is 11.8. The summed E-state index contributed by atoms with van der Waals surface area (Å²) in [5, 5.41) is 0. The average molecular weight is 401 g/mol. The molecule has 0 aromatic rings. The fourth-order valence-corrected chi connectivity index (χ4v) is 5.88. The summed E-state index contributed by atoms with van der Waals surface area (Å²) in [6.45, 7) is 6.95. The molecule has 0 saturated carbocycles. The van der Waals surface area contributed by atoms with E-state index in [0.717, 1.165) is 26.2 Å². The molecule has 0 bridgehead atoms. The van der Waals surface area contributed by atoms with Crippen molar-refractivity contribution in [1.29, 1.82) is 0 Å². The number of morpholine rings is 2. The summed E-state index contributed by atoms with van der Waals surface area (Å²) in [6.07, 6.45) is 0.492. The molecule has 148 valence electrons. The van der Waals surface area contributed by atoms with Crippen molar-refractivity contribution in [2.24, 2.45) is 0 Å². The van der Waals surface area contributed by atoms with E-state index in [1.54, 1.807) is 6.92 Å². The molecule has 0 N–H and O–H groups in total. The number of rotatable bonds is 9. The first kappa shape index (κ1) is 21.0. The molecule has 0 aliphatic carbocycles. The summed E-state index contributed by atoms with van der Waals surface area (Å²) < 4.78 is 62.7. The van der Waals surface area contributed by atoms with Gasteiger partial charge in [0.1, 0.15) is 0 Å². The minimum absolute atomic E-state index is 0.0972. The number of hydrogen-bond acceptors (Lipinski definition) is 9. The highest BCUT2D eigenvalue weighted by Crippen LogP contribution is 2.17. The Labute approximate surface area is 150 Å². The molecule has 2 saturated heterocycles. The van der Waals surface area contributed by atoms with Gasteiger partial charge < -0.3 is 9.47 Å². The van der Waals surface area contributed by atoms with Crippen molar-refractivity contribution < 1.29 is 29.9 Å². The van der Waals surface area contributed by atoms with Crippen LogP contribution in [-0.4, -0.2) is 96.9 Å². The van der Waals surface area contributed by atoms with Gasteiger partial charge >= 0.3 is 0 Å². The first-order valence-electron chi connectivity index (χ1n) is 8.63. The van der Waals surface area contributed by atoms with Crippen molar-refractivity contribution in [3.63, 3.8) is 0 Å². The summed E-state index contributed by atoms with van der Waals surface area (Å²) in [5.41, 5.74) is 0. The summed E-state index contributed by atoms with van der Waals surface area (Å²) in [6, 6.07) is 0. The van der Waals surface area contributed by atoms with Crippen LogP contribution in [0.5, 0.6) is 0 Å². The molecule has 2 aliphatic rings. The van der Waals surface area contributed by atoms with Gasteiger partial charge in [-0.05, 0) is 12.8 Å². The third kappa shape index (κ3) is 7.08. The molecule has 0 unspecified atom stereocenters. The Morgan fingerprint density at radius 3 is 1.72 bits per heavy atom. The van der Waals surface area contributed by atoms with Gasteiger partial charge in [-0.3, -0.25) is 9.80 Å². The van der Waals surface area contributed by atoms with Crippen LogP contribution in [-0.2, 0) is 33.3 Å². The van der Waals surface area contributed by atoms with Gasteiger partial charge in [0.25, 0.3) is 20.2 Å². The second kappa shape index (κ2) is 9.58. The highest BCUT2D eigenvalue weighted by Gasteiger charge is 2.31. The molecule has 2 fully saturated rings. The zero-order valence-corrected chi connectivity index (χ0v) is 16.3. The van der Waals surface area contributed by atoms with Crippen molar-refractivity contribution in [2.75, 3.05) is 64.1 Å². The van der Waals surface area contributed by atoms with Crippen LogP contribution in [0.1, 0.15) is 19.8 Å². The van der Waals surface area contributed by atoms with Gasteiger partial charge in [-0.15, -0.1) is 3.63 Å². The minimum atomic E-state index is -4.14. The van der Waals surface area contributed by atoms with Gasteiger partial charge in [-0.25, -0.2) is 0 Å². The van der Waals surface area contributed by atoms with E-state index in [0.29, 0.717) is 32.8 Å². The van der Waals surface area contributed by atoms with E-state index in [4.69, 9.17) is 9.47 Å². The lowest BCUT2D eigenvalue weighted by atomic mass is 10.2. The van der Waals surface area contributed by atoms with E-state index in [1.807, 2.05) is 0 Å². The molecule has 0 atom stereocenters. The molecule has 2 rings (SSSR count). The van der Waals surface area contributed by atoms with Gasteiger partial charge in [-0.1, -0.05) is 6.92 Å². The smallest absolute Gasteiger partial charge is 0.281 e. The van der Waals surface area contributed by atoms with Crippen molar-refractivity contribution in [2.45, 2.75) is 25.9 Å². The van der Waals surface area contributed by atoms with Crippen molar-refractivity contribution >= 4 is 20.2 Å². The maximum Gasteiger partial charge on any atom is 0.281 e. The Hall–Kier alpha value is -0.300. The Morgan fingerprint density at radius 2 is 1.28 bits per heavy atom.